The number of carbonyl (C=O) groups excluding carboxylic acids is 1. The van der Waals surface area contributed by atoms with Crippen molar-refractivity contribution in [2.24, 2.45) is 5.41 Å². The molecular weight excluding hydrogens is 236 g/mol. The van der Waals surface area contributed by atoms with E-state index in [0.29, 0.717) is 11.3 Å². The summed E-state index contributed by atoms with van der Waals surface area (Å²) in [6, 6.07) is 16.9. The summed E-state index contributed by atoms with van der Waals surface area (Å²) in [6.45, 7) is 5.75. The van der Waals surface area contributed by atoms with Gasteiger partial charge in [0.2, 0.25) is 0 Å². The van der Waals surface area contributed by atoms with Crippen molar-refractivity contribution in [2.75, 3.05) is 0 Å². The van der Waals surface area contributed by atoms with Crippen LogP contribution in [0.25, 0.3) is 0 Å². The summed E-state index contributed by atoms with van der Waals surface area (Å²) in [7, 11) is 0. The first-order chi connectivity index (χ1) is 8.97. The van der Waals surface area contributed by atoms with Crippen molar-refractivity contribution in [3.63, 3.8) is 0 Å². The van der Waals surface area contributed by atoms with Crippen LogP contribution in [-0.4, -0.2) is 5.78 Å². The molecule has 0 atom stereocenters. The van der Waals surface area contributed by atoms with E-state index in [2.05, 4.69) is 0 Å². The summed E-state index contributed by atoms with van der Waals surface area (Å²) in [4.78, 5) is 12.2. The highest BCUT2D eigenvalue weighted by atomic mass is 16.5. The Bertz CT molecular complexity index is 565. The molecule has 0 unspecified atom stereocenters. The molecule has 2 aromatic carbocycles. The Morgan fingerprint density at radius 2 is 1.53 bits per heavy atom. The molecule has 0 heterocycles. The molecule has 0 saturated carbocycles. The first-order valence-electron chi connectivity index (χ1n) is 6.34. The van der Waals surface area contributed by atoms with E-state index >= 15 is 0 Å². The van der Waals surface area contributed by atoms with Crippen LogP contribution in [0.5, 0.6) is 11.5 Å². The highest BCUT2D eigenvalue weighted by molar-refractivity contribution is 6.00. The monoisotopic (exact) mass is 254 g/mol. The van der Waals surface area contributed by atoms with Crippen LogP contribution in [0, 0.1) is 5.41 Å². The third-order valence-electron chi connectivity index (χ3n) is 2.76. The van der Waals surface area contributed by atoms with Gasteiger partial charge in [-0.3, -0.25) is 4.79 Å². The van der Waals surface area contributed by atoms with Crippen molar-refractivity contribution in [3.05, 3.63) is 60.2 Å². The summed E-state index contributed by atoms with van der Waals surface area (Å²) in [5.74, 6) is 1.56. The van der Waals surface area contributed by atoms with Crippen molar-refractivity contribution >= 4 is 5.78 Å². The van der Waals surface area contributed by atoms with Gasteiger partial charge in [0.1, 0.15) is 11.5 Å². The number of ketones is 1. The van der Waals surface area contributed by atoms with E-state index in [1.807, 2.05) is 69.3 Å². The van der Waals surface area contributed by atoms with Crippen LogP contribution in [0.4, 0.5) is 0 Å². The van der Waals surface area contributed by atoms with Gasteiger partial charge in [-0.15, -0.1) is 0 Å². The molecule has 0 amide bonds. The Balaban J connectivity index is 2.23. The van der Waals surface area contributed by atoms with Gasteiger partial charge in [-0.1, -0.05) is 51.1 Å². The molecule has 19 heavy (non-hydrogen) atoms. The molecule has 0 aliphatic carbocycles. The topological polar surface area (TPSA) is 26.3 Å². The molecule has 0 radical (unpaired) electrons. The molecule has 0 bridgehead atoms. The van der Waals surface area contributed by atoms with Crippen molar-refractivity contribution < 1.29 is 9.53 Å². The minimum atomic E-state index is -0.384. The molecule has 2 aromatic rings. The van der Waals surface area contributed by atoms with Gasteiger partial charge >= 0.3 is 0 Å². The van der Waals surface area contributed by atoms with E-state index < -0.39 is 0 Å². The Hall–Kier alpha value is -2.09. The fraction of sp³-hybridized carbons (Fsp3) is 0.235. The Labute approximate surface area is 114 Å². The zero-order valence-electron chi connectivity index (χ0n) is 11.5. The first kappa shape index (κ1) is 13.3. The third kappa shape index (κ3) is 3.44. The summed E-state index contributed by atoms with van der Waals surface area (Å²) >= 11 is 0. The molecule has 2 nitrogen and oxygen atoms in total. The second-order valence-corrected chi connectivity index (χ2v) is 5.52. The SMILES string of the molecule is CC(C)(C)C(=O)c1cccc(Oc2ccccc2)c1. The molecule has 0 spiro atoms. The van der Waals surface area contributed by atoms with Crippen LogP contribution in [0.15, 0.2) is 54.6 Å². The summed E-state index contributed by atoms with van der Waals surface area (Å²) in [5, 5.41) is 0. The summed E-state index contributed by atoms with van der Waals surface area (Å²) < 4.78 is 5.73. The Morgan fingerprint density at radius 3 is 2.16 bits per heavy atom. The maximum Gasteiger partial charge on any atom is 0.168 e. The van der Waals surface area contributed by atoms with Gasteiger partial charge in [-0.05, 0) is 24.3 Å². The average molecular weight is 254 g/mol. The van der Waals surface area contributed by atoms with Gasteiger partial charge in [0.05, 0.1) is 0 Å². The highest BCUT2D eigenvalue weighted by Crippen LogP contribution is 2.26. The lowest BCUT2D eigenvalue weighted by molar-refractivity contribution is 0.0858. The number of ether oxygens (including phenoxy) is 1. The lowest BCUT2D eigenvalue weighted by atomic mass is 9.86. The number of Topliss-reactive ketones (excluding diaryl/α,β-unsaturated/α-hetero) is 1. The minimum Gasteiger partial charge on any atom is -0.457 e. The number of benzene rings is 2. The van der Waals surface area contributed by atoms with Gasteiger partial charge in [0, 0.05) is 11.0 Å². The average Bonchev–Trinajstić information content (AvgIpc) is 2.38. The molecule has 98 valence electrons. The van der Waals surface area contributed by atoms with Gasteiger partial charge in [0.15, 0.2) is 5.78 Å². The van der Waals surface area contributed by atoms with E-state index in [0.717, 1.165) is 5.75 Å². The maximum absolute atomic E-state index is 12.2. The number of rotatable bonds is 3. The van der Waals surface area contributed by atoms with Crippen LogP contribution in [0.1, 0.15) is 31.1 Å². The standard InChI is InChI=1S/C17H18O2/c1-17(2,3)16(18)13-8-7-11-15(12-13)19-14-9-5-4-6-10-14/h4-12H,1-3H3. The predicted octanol–water partition coefficient (Wildman–Crippen LogP) is 4.71. The van der Waals surface area contributed by atoms with Crippen molar-refractivity contribution in [1.29, 1.82) is 0 Å². The zero-order valence-corrected chi connectivity index (χ0v) is 11.5. The van der Waals surface area contributed by atoms with Crippen molar-refractivity contribution in [1.82, 2.24) is 0 Å². The van der Waals surface area contributed by atoms with Crippen LogP contribution in [0.2, 0.25) is 0 Å². The zero-order chi connectivity index (χ0) is 13.9. The van der Waals surface area contributed by atoms with E-state index in [1.165, 1.54) is 0 Å². The lowest BCUT2D eigenvalue weighted by Crippen LogP contribution is -2.20. The molecule has 2 heteroatoms. The molecule has 0 aliphatic rings. The molecular formula is C17H18O2. The lowest BCUT2D eigenvalue weighted by Gasteiger charge is -2.17. The highest BCUT2D eigenvalue weighted by Gasteiger charge is 2.23. The predicted molar refractivity (Wildman–Crippen MR) is 76.7 cm³/mol. The van der Waals surface area contributed by atoms with Crippen LogP contribution in [-0.2, 0) is 0 Å². The fourth-order valence-electron chi connectivity index (χ4n) is 1.76. The van der Waals surface area contributed by atoms with E-state index in [1.54, 1.807) is 6.07 Å². The van der Waals surface area contributed by atoms with E-state index in [-0.39, 0.29) is 11.2 Å². The summed E-state index contributed by atoms with van der Waals surface area (Å²) in [6.07, 6.45) is 0. The van der Waals surface area contributed by atoms with E-state index in [4.69, 9.17) is 4.74 Å². The molecule has 2 rings (SSSR count). The third-order valence-corrected chi connectivity index (χ3v) is 2.76. The van der Waals surface area contributed by atoms with Crippen molar-refractivity contribution in [2.45, 2.75) is 20.8 Å². The second-order valence-electron chi connectivity index (χ2n) is 5.52. The number of hydrogen-bond donors (Lipinski definition) is 0. The molecule has 0 aromatic heterocycles. The first-order valence-corrected chi connectivity index (χ1v) is 6.34. The normalized spacial score (nSPS) is 11.1. The van der Waals surface area contributed by atoms with Crippen LogP contribution < -0.4 is 4.74 Å². The van der Waals surface area contributed by atoms with Gasteiger partial charge in [0.25, 0.3) is 0 Å². The van der Waals surface area contributed by atoms with Gasteiger partial charge in [-0.2, -0.15) is 0 Å². The van der Waals surface area contributed by atoms with Gasteiger partial charge in [-0.25, -0.2) is 0 Å². The number of para-hydroxylation sites is 1. The summed E-state index contributed by atoms with van der Waals surface area (Å²) in [5.41, 5.74) is 0.298. The number of carbonyl (C=O) groups is 1. The Morgan fingerprint density at radius 1 is 0.895 bits per heavy atom. The quantitative estimate of drug-likeness (QED) is 0.741. The molecule has 0 N–H and O–H groups in total. The Kier molecular flexibility index (Phi) is 3.70. The molecule has 0 fully saturated rings. The van der Waals surface area contributed by atoms with E-state index in [9.17, 15) is 4.79 Å². The van der Waals surface area contributed by atoms with Crippen molar-refractivity contribution in [3.8, 4) is 11.5 Å². The fourth-order valence-corrected chi connectivity index (χ4v) is 1.76. The minimum absolute atomic E-state index is 0.117. The number of hydrogen-bond acceptors (Lipinski definition) is 2. The molecule has 0 aliphatic heterocycles. The smallest absolute Gasteiger partial charge is 0.168 e. The van der Waals surface area contributed by atoms with Gasteiger partial charge < -0.3 is 4.74 Å². The second kappa shape index (κ2) is 5.27. The maximum atomic E-state index is 12.2. The largest absolute Gasteiger partial charge is 0.457 e. The molecule has 0 saturated heterocycles. The van der Waals surface area contributed by atoms with Crippen LogP contribution in [0.3, 0.4) is 0 Å². The van der Waals surface area contributed by atoms with Crippen LogP contribution >= 0.6 is 0 Å².